The van der Waals surface area contributed by atoms with Crippen LogP contribution in [0.25, 0.3) is 0 Å². The lowest BCUT2D eigenvalue weighted by molar-refractivity contribution is 0.191. The summed E-state index contributed by atoms with van der Waals surface area (Å²) >= 11 is 12.3. The molecular weight excluding hydrogens is 349 g/mol. The van der Waals surface area contributed by atoms with Crippen molar-refractivity contribution < 1.29 is 14.6 Å². The Hall–Kier alpha value is -1.46. The largest absolute Gasteiger partial charge is 0.493 e. The normalized spacial score (nSPS) is 12.0. The second kappa shape index (κ2) is 9.14. The molecule has 1 atom stereocenters. The van der Waals surface area contributed by atoms with E-state index in [2.05, 4.69) is 5.32 Å². The molecule has 130 valence electrons. The van der Waals surface area contributed by atoms with Crippen LogP contribution >= 0.6 is 23.2 Å². The highest BCUT2D eigenvalue weighted by Crippen LogP contribution is 2.34. The van der Waals surface area contributed by atoms with Crippen LogP contribution in [0.4, 0.5) is 0 Å². The maximum absolute atomic E-state index is 9.29. The second-order valence-corrected chi connectivity index (χ2v) is 6.34. The third-order valence-corrected chi connectivity index (χ3v) is 3.96. The maximum atomic E-state index is 9.29. The van der Waals surface area contributed by atoms with Gasteiger partial charge in [-0.1, -0.05) is 35.3 Å². The van der Waals surface area contributed by atoms with E-state index in [1.165, 1.54) is 0 Å². The zero-order chi connectivity index (χ0) is 17.5. The molecule has 0 radical (unpaired) electrons. The molecule has 2 aromatic carbocycles. The molecule has 1 unspecified atom stereocenters. The first kappa shape index (κ1) is 18.9. The smallest absolute Gasteiger partial charge is 0.163 e. The molecule has 0 spiro atoms. The van der Waals surface area contributed by atoms with Crippen LogP contribution in [-0.4, -0.2) is 24.9 Å². The molecule has 6 heteroatoms. The summed E-state index contributed by atoms with van der Waals surface area (Å²) in [6, 6.07) is 11.1. The first-order chi connectivity index (χ1) is 11.5. The van der Waals surface area contributed by atoms with Crippen LogP contribution in [0.1, 0.15) is 18.1 Å². The van der Waals surface area contributed by atoms with E-state index in [9.17, 15) is 5.11 Å². The minimum absolute atomic E-state index is 0.368. The van der Waals surface area contributed by atoms with E-state index < -0.39 is 6.10 Å². The van der Waals surface area contributed by atoms with Crippen molar-refractivity contribution in [3.8, 4) is 11.5 Å². The monoisotopic (exact) mass is 369 g/mol. The van der Waals surface area contributed by atoms with Gasteiger partial charge >= 0.3 is 0 Å². The highest BCUT2D eigenvalue weighted by Gasteiger charge is 2.11. The quantitative estimate of drug-likeness (QED) is 0.736. The summed E-state index contributed by atoms with van der Waals surface area (Å²) < 4.78 is 11.2. The summed E-state index contributed by atoms with van der Waals surface area (Å²) in [6.07, 6.45) is -0.411. The lowest BCUT2D eigenvalue weighted by Gasteiger charge is -2.15. The van der Waals surface area contributed by atoms with E-state index >= 15 is 0 Å². The van der Waals surface area contributed by atoms with Crippen molar-refractivity contribution in [1.29, 1.82) is 0 Å². The Labute approximate surface area is 152 Å². The zero-order valence-electron chi connectivity index (χ0n) is 13.7. The first-order valence-corrected chi connectivity index (χ1v) is 8.37. The number of nitrogens with one attached hydrogen (secondary N) is 1. The third-order valence-electron chi connectivity index (χ3n) is 3.37. The van der Waals surface area contributed by atoms with E-state index in [0.29, 0.717) is 41.2 Å². The van der Waals surface area contributed by atoms with E-state index in [4.69, 9.17) is 32.7 Å². The van der Waals surface area contributed by atoms with Gasteiger partial charge in [-0.3, -0.25) is 0 Å². The molecule has 0 aliphatic heterocycles. The van der Waals surface area contributed by atoms with Gasteiger partial charge in [0, 0.05) is 29.2 Å². The Morgan fingerprint density at radius 2 is 1.96 bits per heavy atom. The van der Waals surface area contributed by atoms with Crippen molar-refractivity contribution >= 4 is 23.2 Å². The number of ether oxygens (including phenoxy) is 2. The van der Waals surface area contributed by atoms with Crippen LogP contribution in [0.2, 0.25) is 10.0 Å². The van der Waals surface area contributed by atoms with Crippen molar-refractivity contribution in [3.05, 3.63) is 57.6 Å². The molecule has 2 rings (SSSR count). The van der Waals surface area contributed by atoms with Crippen molar-refractivity contribution in [2.75, 3.05) is 13.7 Å². The van der Waals surface area contributed by atoms with E-state index in [1.807, 2.05) is 30.3 Å². The fraction of sp³-hybridized carbons (Fsp3) is 0.333. The number of benzene rings is 2. The van der Waals surface area contributed by atoms with Crippen LogP contribution in [0, 0.1) is 0 Å². The molecule has 0 aromatic heterocycles. The lowest BCUT2D eigenvalue weighted by Crippen LogP contribution is -2.24. The molecule has 0 aliphatic rings. The van der Waals surface area contributed by atoms with Crippen LogP contribution < -0.4 is 14.8 Å². The van der Waals surface area contributed by atoms with E-state index in [-0.39, 0.29) is 0 Å². The van der Waals surface area contributed by atoms with Gasteiger partial charge in [-0.25, -0.2) is 0 Å². The number of hydrogen-bond acceptors (Lipinski definition) is 4. The number of hydrogen-bond donors (Lipinski definition) is 2. The SMILES string of the molecule is COc1cc(CNCC(C)O)c(Cl)cc1OCc1cccc(Cl)c1. The van der Waals surface area contributed by atoms with Gasteiger partial charge in [0.1, 0.15) is 6.61 Å². The van der Waals surface area contributed by atoms with Gasteiger partial charge in [0.25, 0.3) is 0 Å². The van der Waals surface area contributed by atoms with Gasteiger partial charge in [-0.2, -0.15) is 0 Å². The Bertz CT molecular complexity index is 677. The highest BCUT2D eigenvalue weighted by molar-refractivity contribution is 6.31. The van der Waals surface area contributed by atoms with Gasteiger partial charge in [-0.15, -0.1) is 0 Å². The standard InChI is InChI=1S/C18H21Cl2NO3/c1-12(22)9-21-10-14-7-17(23-2)18(8-16(14)20)24-11-13-4-3-5-15(19)6-13/h3-8,12,21-22H,9-11H2,1-2H3. The van der Waals surface area contributed by atoms with Crippen molar-refractivity contribution in [2.24, 2.45) is 0 Å². The van der Waals surface area contributed by atoms with Crippen LogP contribution in [0.3, 0.4) is 0 Å². The Morgan fingerprint density at radius 1 is 1.17 bits per heavy atom. The average molecular weight is 370 g/mol. The zero-order valence-corrected chi connectivity index (χ0v) is 15.2. The van der Waals surface area contributed by atoms with Crippen LogP contribution in [0.5, 0.6) is 11.5 Å². The van der Waals surface area contributed by atoms with Gasteiger partial charge < -0.3 is 19.9 Å². The molecule has 0 saturated heterocycles. The molecular formula is C18H21Cl2NO3. The van der Waals surface area contributed by atoms with Crippen molar-refractivity contribution in [2.45, 2.75) is 26.2 Å². The van der Waals surface area contributed by atoms with Crippen molar-refractivity contribution in [3.63, 3.8) is 0 Å². The maximum Gasteiger partial charge on any atom is 0.163 e. The fourth-order valence-electron chi connectivity index (χ4n) is 2.19. The molecule has 4 nitrogen and oxygen atoms in total. The molecule has 0 fully saturated rings. The molecule has 0 amide bonds. The average Bonchev–Trinajstić information content (AvgIpc) is 2.54. The van der Waals surface area contributed by atoms with Gasteiger partial charge in [-0.05, 0) is 36.2 Å². The van der Waals surface area contributed by atoms with Crippen LogP contribution in [-0.2, 0) is 13.2 Å². The predicted octanol–water partition coefficient (Wildman–Crippen LogP) is 4.05. The first-order valence-electron chi connectivity index (χ1n) is 7.62. The summed E-state index contributed by atoms with van der Waals surface area (Å²) in [6.45, 7) is 3.12. The molecule has 0 heterocycles. The summed E-state index contributed by atoms with van der Waals surface area (Å²) in [5, 5.41) is 13.7. The molecule has 0 saturated carbocycles. The Kier molecular flexibility index (Phi) is 7.18. The van der Waals surface area contributed by atoms with Gasteiger partial charge in [0.05, 0.1) is 13.2 Å². The number of methoxy groups -OCH3 is 1. The minimum atomic E-state index is -0.411. The lowest BCUT2D eigenvalue weighted by atomic mass is 10.2. The van der Waals surface area contributed by atoms with Gasteiger partial charge in [0.2, 0.25) is 0 Å². The summed E-state index contributed by atoms with van der Waals surface area (Å²) in [5.74, 6) is 1.18. The number of rotatable bonds is 8. The highest BCUT2D eigenvalue weighted by atomic mass is 35.5. The topological polar surface area (TPSA) is 50.7 Å². The number of aliphatic hydroxyl groups is 1. The van der Waals surface area contributed by atoms with Crippen molar-refractivity contribution in [1.82, 2.24) is 5.32 Å². The minimum Gasteiger partial charge on any atom is -0.493 e. The summed E-state index contributed by atoms with van der Waals surface area (Å²) in [5.41, 5.74) is 1.84. The second-order valence-electron chi connectivity index (χ2n) is 5.49. The third kappa shape index (κ3) is 5.56. The molecule has 2 aromatic rings. The predicted molar refractivity (Wildman–Crippen MR) is 97.2 cm³/mol. The van der Waals surface area contributed by atoms with E-state index in [0.717, 1.165) is 11.1 Å². The van der Waals surface area contributed by atoms with Gasteiger partial charge in [0.15, 0.2) is 11.5 Å². The fourth-order valence-corrected chi connectivity index (χ4v) is 2.62. The summed E-state index contributed by atoms with van der Waals surface area (Å²) in [7, 11) is 1.59. The molecule has 24 heavy (non-hydrogen) atoms. The number of aliphatic hydroxyl groups excluding tert-OH is 1. The summed E-state index contributed by atoms with van der Waals surface area (Å²) in [4.78, 5) is 0. The number of halogens is 2. The Morgan fingerprint density at radius 3 is 2.62 bits per heavy atom. The van der Waals surface area contributed by atoms with Crippen LogP contribution in [0.15, 0.2) is 36.4 Å². The molecule has 0 aliphatic carbocycles. The Balaban J connectivity index is 2.08. The molecule has 2 N–H and O–H groups in total. The van der Waals surface area contributed by atoms with E-state index in [1.54, 1.807) is 20.1 Å². The molecule has 0 bridgehead atoms.